The van der Waals surface area contributed by atoms with Gasteiger partial charge in [0.15, 0.2) is 0 Å². The molecular formula is C20H33N3O2. The molecule has 0 spiro atoms. The fraction of sp³-hybridized carbons (Fsp3) is 0.650. The fourth-order valence-corrected chi connectivity index (χ4v) is 3.31. The molecule has 1 aromatic rings. The first-order valence-electron chi connectivity index (χ1n) is 9.19. The van der Waals surface area contributed by atoms with Crippen molar-refractivity contribution in [1.82, 2.24) is 15.5 Å². The van der Waals surface area contributed by atoms with Gasteiger partial charge >= 0.3 is 6.09 Å². The second kappa shape index (κ2) is 8.19. The number of carbonyl (C=O) groups is 1. The normalized spacial score (nSPS) is 23.1. The van der Waals surface area contributed by atoms with Crippen LogP contribution in [0.25, 0.3) is 0 Å². The van der Waals surface area contributed by atoms with Gasteiger partial charge in [0.25, 0.3) is 0 Å². The van der Waals surface area contributed by atoms with Gasteiger partial charge < -0.3 is 15.4 Å². The van der Waals surface area contributed by atoms with Gasteiger partial charge in [-0.25, -0.2) is 4.79 Å². The summed E-state index contributed by atoms with van der Waals surface area (Å²) in [7, 11) is 0. The summed E-state index contributed by atoms with van der Waals surface area (Å²) in [6, 6.07) is 9.46. The number of nitrogens with one attached hydrogen (secondary N) is 2. The molecule has 1 heterocycles. The summed E-state index contributed by atoms with van der Waals surface area (Å²) >= 11 is 0. The molecule has 0 bridgehead atoms. The van der Waals surface area contributed by atoms with Crippen molar-refractivity contribution in [2.24, 2.45) is 0 Å². The highest BCUT2D eigenvalue weighted by molar-refractivity contribution is 5.68. The molecule has 1 aliphatic heterocycles. The van der Waals surface area contributed by atoms with Crippen molar-refractivity contribution < 1.29 is 9.53 Å². The smallest absolute Gasteiger partial charge is 0.408 e. The van der Waals surface area contributed by atoms with Crippen molar-refractivity contribution in [3.8, 4) is 0 Å². The third-order valence-electron chi connectivity index (χ3n) is 4.25. The van der Waals surface area contributed by atoms with Crippen molar-refractivity contribution in [2.75, 3.05) is 13.1 Å². The Balaban J connectivity index is 1.89. The van der Waals surface area contributed by atoms with Gasteiger partial charge in [-0.05, 0) is 52.7 Å². The van der Waals surface area contributed by atoms with Gasteiger partial charge in [-0.3, -0.25) is 4.90 Å². The van der Waals surface area contributed by atoms with Crippen molar-refractivity contribution in [3.05, 3.63) is 35.4 Å². The van der Waals surface area contributed by atoms with Crippen LogP contribution >= 0.6 is 0 Å². The maximum Gasteiger partial charge on any atom is 0.408 e. The molecule has 2 N–H and O–H groups in total. The highest BCUT2D eigenvalue weighted by Gasteiger charge is 2.21. The summed E-state index contributed by atoms with van der Waals surface area (Å²) in [5.74, 6) is 0. The van der Waals surface area contributed by atoms with E-state index in [1.54, 1.807) is 0 Å². The number of nitrogens with zero attached hydrogens (tertiary/aromatic N) is 1. The monoisotopic (exact) mass is 347 g/mol. The van der Waals surface area contributed by atoms with Crippen LogP contribution in [0.15, 0.2) is 24.3 Å². The molecule has 1 aromatic carbocycles. The molecule has 1 saturated heterocycles. The molecule has 5 heteroatoms. The second-order valence-corrected chi connectivity index (χ2v) is 8.27. The second-order valence-electron chi connectivity index (χ2n) is 8.27. The van der Waals surface area contributed by atoms with Crippen molar-refractivity contribution >= 4 is 6.09 Å². The Morgan fingerprint density at radius 3 is 2.32 bits per heavy atom. The zero-order valence-electron chi connectivity index (χ0n) is 16.4. The van der Waals surface area contributed by atoms with Crippen LogP contribution in [-0.4, -0.2) is 41.8 Å². The van der Waals surface area contributed by atoms with E-state index in [-0.39, 0.29) is 12.1 Å². The first kappa shape index (κ1) is 19.7. The lowest BCUT2D eigenvalue weighted by atomic mass is 10.0. The van der Waals surface area contributed by atoms with E-state index in [2.05, 4.69) is 53.6 Å². The molecule has 2 unspecified atom stereocenters. The summed E-state index contributed by atoms with van der Waals surface area (Å²) in [4.78, 5) is 14.4. The van der Waals surface area contributed by atoms with E-state index in [9.17, 15) is 4.79 Å². The summed E-state index contributed by atoms with van der Waals surface area (Å²) in [6.45, 7) is 15.1. The molecule has 1 aliphatic rings. The highest BCUT2D eigenvalue weighted by Crippen LogP contribution is 2.17. The number of ether oxygens (including phenoxy) is 1. The lowest BCUT2D eigenvalue weighted by molar-refractivity contribution is 0.0508. The predicted molar refractivity (Wildman–Crippen MR) is 102 cm³/mol. The van der Waals surface area contributed by atoms with Gasteiger partial charge in [-0.1, -0.05) is 24.3 Å². The number of hydrogen-bond donors (Lipinski definition) is 2. The van der Waals surface area contributed by atoms with Crippen LogP contribution in [0.3, 0.4) is 0 Å². The molecule has 5 nitrogen and oxygen atoms in total. The third-order valence-corrected chi connectivity index (χ3v) is 4.25. The molecule has 1 amide bonds. The van der Waals surface area contributed by atoms with E-state index in [1.807, 2.05) is 27.7 Å². The van der Waals surface area contributed by atoms with Gasteiger partial charge in [0, 0.05) is 31.7 Å². The zero-order chi connectivity index (χ0) is 18.6. The lowest BCUT2D eigenvalue weighted by Gasteiger charge is -2.36. The Kier molecular flexibility index (Phi) is 6.47. The molecule has 0 radical (unpaired) electrons. The van der Waals surface area contributed by atoms with Crippen LogP contribution in [0.5, 0.6) is 0 Å². The minimum Gasteiger partial charge on any atom is -0.444 e. The van der Waals surface area contributed by atoms with Gasteiger partial charge in [0.2, 0.25) is 0 Å². The largest absolute Gasteiger partial charge is 0.444 e. The summed E-state index contributed by atoms with van der Waals surface area (Å²) in [5, 5.41) is 6.44. The Bertz CT molecular complexity index is 555. The first-order chi connectivity index (χ1) is 11.6. The van der Waals surface area contributed by atoms with Crippen LogP contribution in [0.2, 0.25) is 0 Å². The molecule has 2 rings (SSSR count). The van der Waals surface area contributed by atoms with Crippen LogP contribution in [-0.2, 0) is 11.3 Å². The summed E-state index contributed by atoms with van der Waals surface area (Å²) in [6.07, 6.45) is -0.382. The fourth-order valence-electron chi connectivity index (χ4n) is 3.31. The maximum atomic E-state index is 11.9. The average Bonchev–Trinajstić information content (AvgIpc) is 2.44. The average molecular weight is 348 g/mol. The van der Waals surface area contributed by atoms with Crippen LogP contribution in [0, 0.1) is 0 Å². The number of piperazine rings is 1. The standard InChI is InChI=1S/C20H33N3O2/c1-14-11-23(12-15(2)21-14)13-17-7-9-18(10-8-17)16(3)22-19(24)25-20(4,5)6/h7-10,14-16,21H,11-13H2,1-6H3,(H,22,24)/t14?,15?,16-/m0/s1. The number of alkyl carbamates (subject to hydrolysis) is 1. The Morgan fingerprint density at radius 1 is 1.24 bits per heavy atom. The van der Waals surface area contributed by atoms with Gasteiger partial charge in [0.1, 0.15) is 5.60 Å². The Labute approximate surface area is 152 Å². The van der Waals surface area contributed by atoms with E-state index in [4.69, 9.17) is 4.74 Å². The van der Waals surface area contributed by atoms with E-state index in [0.717, 1.165) is 25.2 Å². The molecular weight excluding hydrogens is 314 g/mol. The highest BCUT2D eigenvalue weighted by atomic mass is 16.6. The van der Waals surface area contributed by atoms with Crippen LogP contribution in [0.4, 0.5) is 4.79 Å². The molecule has 0 aromatic heterocycles. The van der Waals surface area contributed by atoms with Gasteiger partial charge in [0.05, 0.1) is 6.04 Å². The van der Waals surface area contributed by atoms with Crippen LogP contribution < -0.4 is 10.6 Å². The van der Waals surface area contributed by atoms with E-state index < -0.39 is 5.60 Å². The number of hydrogen-bond acceptors (Lipinski definition) is 4. The quantitative estimate of drug-likeness (QED) is 0.876. The topological polar surface area (TPSA) is 53.6 Å². The number of carbonyl (C=O) groups excluding carboxylic acids is 1. The first-order valence-corrected chi connectivity index (χ1v) is 9.19. The van der Waals surface area contributed by atoms with Crippen molar-refractivity contribution in [3.63, 3.8) is 0 Å². The SMILES string of the molecule is CC1CN(Cc2ccc([C@H](C)NC(=O)OC(C)(C)C)cc2)CC(C)N1. The van der Waals surface area contributed by atoms with E-state index in [1.165, 1.54) is 5.56 Å². The predicted octanol–water partition coefficient (Wildman–Crippen LogP) is 3.45. The third kappa shape index (κ3) is 6.67. The van der Waals surface area contributed by atoms with E-state index >= 15 is 0 Å². The minimum atomic E-state index is -0.481. The molecule has 140 valence electrons. The Morgan fingerprint density at radius 2 is 1.80 bits per heavy atom. The molecule has 3 atom stereocenters. The summed E-state index contributed by atoms with van der Waals surface area (Å²) < 4.78 is 5.31. The zero-order valence-corrected chi connectivity index (χ0v) is 16.4. The molecule has 1 fully saturated rings. The summed E-state index contributed by atoms with van der Waals surface area (Å²) in [5.41, 5.74) is 1.90. The van der Waals surface area contributed by atoms with Crippen LogP contribution in [0.1, 0.15) is 58.7 Å². The molecule has 0 aliphatic carbocycles. The van der Waals surface area contributed by atoms with Crippen molar-refractivity contribution in [2.45, 2.75) is 71.8 Å². The maximum absolute atomic E-state index is 11.9. The minimum absolute atomic E-state index is 0.0804. The molecule has 25 heavy (non-hydrogen) atoms. The van der Waals surface area contributed by atoms with Gasteiger partial charge in [-0.2, -0.15) is 0 Å². The lowest BCUT2D eigenvalue weighted by Crippen LogP contribution is -2.53. The molecule has 0 saturated carbocycles. The van der Waals surface area contributed by atoms with E-state index in [0.29, 0.717) is 12.1 Å². The number of rotatable bonds is 4. The number of benzene rings is 1. The number of amides is 1. The Hall–Kier alpha value is -1.59. The van der Waals surface area contributed by atoms with Crippen molar-refractivity contribution in [1.29, 1.82) is 0 Å². The van der Waals surface area contributed by atoms with Gasteiger partial charge in [-0.15, -0.1) is 0 Å².